The summed E-state index contributed by atoms with van der Waals surface area (Å²) in [6, 6.07) is 0. The van der Waals surface area contributed by atoms with Crippen molar-refractivity contribution in [1.29, 1.82) is 0 Å². The predicted octanol–water partition coefficient (Wildman–Crippen LogP) is -0.594. The minimum atomic E-state index is -2.60. The molecular formula is H4N2O4P+. The minimum Gasteiger partial charge on any atom is -0.166 e. The summed E-state index contributed by atoms with van der Waals surface area (Å²) in [5.74, 6) is 9.15. The summed E-state index contributed by atoms with van der Waals surface area (Å²) in [4.78, 5) is 0. The van der Waals surface area contributed by atoms with Crippen LogP contribution in [-0.4, -0.2) is 0 Å². The van der Waals surface area contributed by atoms with Crippen LogP contribution in [0.25, 0.3) is 0 Å². The van der Waals surface area contributed by atoms with Gasteiger partial charge in [0.25, 0.3) is 0 Å². The molecule has 1 saturated heterocycles. The van der Waals surface area contributed by atoms with Crippen molar-refractivity contribution in [2.75, 3.05) is 0 Å². The van der Waals surface area contributed by atoms with Crippen LogP contribution in [0.1, 0.15) is 0 Å². The standard InChI is InChI=1S/H4N2O4P/c1-3-7(4-2)5-6-7/h1-2H2/q+1. The smallest absolute Gasteiger partial charge is 0.166 e. The van der Waals surface area contributed by atoms with Crippen LogP contribution in [0.5, 0.6) is 0 Å². The summed E-state index contributed by atoms with van der Waals surface area (Å²) >= 11 is 0. The number of nitrogens with two attached hydrogens (primary N) is 2. The summed E-state index contributed by atoms with van der Waals surface area (Å²) < 4.78 is 16.3. The van der Waals surface area contributed by atoms with E-state index in [1.54, 1.807) is 0 Å². The zero-order valence-corrected chi connectivity index (χ0v) is 4.13. The molecule has 1 aliphatic heterocycles. The third-order valence-electron chi connectivity index (χ3n) is 0.454. The van der Waals surface area contributed by atoms with E-state index < -0.39 is 8.17 Å². The van der Waals surface area contributed by atoms with Crippen LogP contribution >= 0.6 is 8.17 Å². The molecule has 0 spiro atoms. The maximum Gasteiger partial charge on any atom is 0.679 e. The van der Waals surface area contributed by atoms with Gasteiger partial charge >= 0.3 is 8.17 Å². The molecule has 0 aromatic heterocycles. The van der Waals surface area contributed by atoms with Crippen LogP contribution in [0.4, 0.5) is 0 Å². The van der Waals surface area contributed by atoms with Gasteiger partial charge in [0.05, 0.1) is 9.35 Å². The first-order valence-corrected chi connectivity index (χ1v) is 2.83. The van der Waals surface area contributed by atoms with Gasteiger partial charge in [-0.25, -0.2) is 0 Å². The number of rotatable bonds is 2. The third kappa shape index (κ3) is 0.868. The third-order valence-corrected chi connectivity index (χ3v) is 1.36. The van der Waals surface area contributed by atoms with E-state index >= 15 is 0 Å². The van der Waals surface area contributed by atoms with Gasteiger partial charge in [0, 0.05) is 0 Å². The summed E-state index contributed by atoms with van der Waals surface area (Å²) in [6.07, 6.45) is 0. The lowest BCUT2D eigenvalue weighted by molar-refractivity contribution is 0.0850. The van der Waals surface area contributed by atoms with Crippen molar-refractivity contribution in [1.82, 2.24) is 0 Å². The summed E-state index contributed by atoms with van der Waals surface area (Å²) in [5.41, 5.74) is 0. The van der Waals surface area contributed by atoms with Crippen molar-refractivity contribution >= 4 is 8.17 Å². The molecule has 0 saturated carbocycles. The molecule has 0 amide bonds. The highest BCUT2D eigenvalue weighted by Gasteiger charge is 2.72. The number of hydrogen-bond donors (Lipinski definition) is 2. The highest BCUT2D eigenvalue weighted by molar-refractivity contribution is 7.60. The monoisotopic (exact) mass is 127 g/mol. The molecular weight excluding hydrogens is 123 g/mol. The van der Waals surface area contributed by atoms with Crippen LogP contribution in [0, 0.1) is 0 Å². The van der Waals surface area contributed by atoms with E-state index in [0.29, 0.717) is 0 Å². The Balaban J connectivity index is 2.28. The van der Waals surface area contributed by atoms with Crippen molar-refractivity contribution in [3.05, 3.63) is 0 Å². The molecule has 0 bridgehead atoms. The Bertz CT molecular complexity index is 64.1. The maximum atomic E-state index is 4.57. The highest BCUT2D eigenvalue weighted by atomic mass is 31.2. The number of hydrogen-bond acceptors (Lipinski definition) is 6. The lowest BCUT2D eigenvalue weighted by Crippen LogP contribution is -2.00. The zero-order chi connectivity index (χ0) is 5.33. The first-order valence-electron chi connectivity index (χ1n) is 1.37. The Morgan fingerprint density at radius 3 is 1.57 bits per heavy atom. The zero-order valence-electron chi connectivity index (χ0n) is 3.23. The maximum absolute atomic E-state index is 4.57. The lowest BCUT2D eigenvalue weighted by Gasteiger charge is -1.79. The van der Waals surface area contributed by atoms with Gasteiger partial charge < -0.3 is 0 Å². The molecule has 7 heavy (non-hydrogen) atoms. The van der Waals surface area contributed by atoms with E-state index in [0.717, 1.165) is 0 Å². The Morgan fingerprint density at radius 2 is 1.57 bits per heavy atom. The van der Waals surface area contributed by atoms with Gasteiger partial charge in [-0.3, -0.25) is 0 Å². The molecule has 0 aliphatic carbocycles. The first kappa shape index (κ1) is 5.33. The second-order valence-electron chi connectivity index (χ2n) is 0.807. The van der Waals surface area contributed by atoms with Crippen LogP contribution in [0.2, 0.25) is 0 Å². The van der Waals surface area contributed by atoms with Crippen molar-refractivity contribution in [2.24, 2.45) is 11.8 Å². The predicted molar refractivity (Wildman–Crippen MR) is 19.6 cm³/mol. The average Bonchev–Trinajstić information content (AvgIpc) is 2.46. The van der Waals surface area contributed by atoms with Crippen LogP contribution in [0.3, 0.4) is 0 Å². The quantitative estimate of drug-likeness (QED) is 0.222. The summed E-state index contributed by atoms with van der Waals surface area (Å²) in [5, 5.41) is 0. The fraction of sp³-hybridized carbons (Fsp3) is 0. The normalized spacial score (nSPS) is 24.9. The fourth-order valence-electron chi connectivity index (χ4n) is 0.122. The van der Waals surface area contributed by atoms with Gasteiger partial charge in [0.1, 0.15) is 0 Å². The largest absolute Gasteiger partial charge is 0.679 e. The van der Waals surface area contributed by atoms with Crippen molar-refractivity contribution in [2.45, 2.75) is 0 Å². The molecule has 0 atom stereocenters. The van der Waals surface area contributed by atoms with Crippen molar-refractivity contribution < 1.29 is 18.6 Å². The molecule has 0 radical (unpaired) electrons. The highest BCUT2D eigenvalue weighted by Crippen LogP contribution is 2.75. The van der Waals surface area contributed by atoms with Crippen molar-refractivity contribution in [3.63, 3.8) is 0 Å². The van der Waals surface area contributed by atoms with E-state index in [9.17, 15) is 0 Å². The van der Waals surface area contributed by atoms with E-state index in [4.69, 9.17) is 0 Å². The van der Waals surface area contributed by atoms with Gasteiger partial charge in [-0.2, -0.15) is 11.8 Å². The topological polar surface area (TPSA) is 95.6 Å². The molecule has 7 heteroatoms. The minimum absolute atomic E-state index is 2.60. The van der Waals surface area contributed by atoms with Gasteiger partial charge in [0.2, 0.25) is 0 Å². The second kappa shape index (κ2) is 1.61. The van der Waals surface area contributed by atoms with Gasteiger partial charge in [-0.1, -0.05) is 9.25 Å². The lowest BCUT2D eigenvalue weighted by atomic mass is 13.6. The summed E-state index contributed by atoms with van der Waals surface area (Å²) in [7, 11) is -2.60. The molecule has 1 rings (SSSR count). The van der Waals surface area contributed by atoms with Gasteiger partial charge in [-0.15, -0.1) is 0 Å². The molecule has 0 aromatic carbocycles. The van der Waals surface area contributed by atoms with Gasteiger partial charge in [-0.05, 0) is 0 Å². The Kier molecular flexibility index (Phi) is 1.22. The summed E-state index contributed by atoms with van der Waals surface area (Å²) in [6.45, 7) is 0. The fourth-order valence-corrected chi connectivity index (χ4v) is 0.530. The molecule has 1 fully saturated rings. The van der Waals surface area contributed by atoms with Crippen molar-refractivity contribution in [3.8, 4) is 0 Å². The van der Waals surface area contributed by atoms with E-state index in [2.05, 4.69) is 30.4 Å². The Labute approximate surface area is 39.8 Å². The van der Waals surface area contributed by atoms with Crippen LogP contribution in [0.15, 0.2) is 0 Å². The van der Waals surface area contributed by atoms with Crippen LogP contribution in [-0.2, 0) is 18.6 Å². The van der Waals surface area contributed by atoms with Crippen LogP contribution < -0.4 is 11.8 Å². The Morgan fingerprint density at radius 1 is 1.14 bits per heavy atom. The van der Waals surface area contributed by atoms with E-state index in [-0.39, 0.29) is 0 Å². The average molecular weight is 127 g/mol. The van der Waals surface area contributed by atoms with E-state index in [1.165, 1.54) is 0 Å². The Hall–Kier alpha value is 0.190. The second-order valence-corrected chi connectivity index (χ2v) is 2.42. The molecule has 6 nitrogen and oxygen atoms in total. The molecule has 4 N–H and O–H groups in total. The molecule has 42 valence electrons. The van der Waals surface area contributed by atoms with Gasteiger partial charge in [0.15, 0.2) is 0 Å². The molecule has 0 unspecified atom stereocenters. The SMILES string of the molecule is NO[P+]1(ON)OO1. The van der Waals surface area contributed by atoms with E-state index in [1.807, 2.05) is 0 Å². The molecule has 1 heterocycles. The molecule has 0 aromatic rings. The molecule has 1 aliphatic rings. The first-order chi connectivity index (χ1) is 3.33.